The molecule has 0 radical (unpaired) electrons. The zero-order valence-corrected chi connectivity index (χ0v) is 13.6. The second kappa shape index (κ2) is 7.54. The SMILES string of the molecule is CCOc1cc(/C=N/Nc2ncccc2[N+](=O)[O-])cc(Br)c1O. The number of aromatic hydroxyl groups is 1. The van der Waals surface area contributed by atoms with Crippen LogP contribution in [-0.2, 0) is 0 Å². The predicted molar refractivity (Wildman–Crippen MR) is 89.1 cm³/mol. The van der Waals surface area contributed by atoms with Crippen molar-refractivity contribution >= 4 is 33.6 Å². The van der Waals surface area contributed by atoms with Gasteiger partial charge in [0.25, 0.3) is 0 Å². The van der Waals surface area contributed by atoms with Gasteiger partial charge in [0.2, 0.25) is 5.82 Å². The average Bonchev–Trinajstić information content (AvgIpc) is 2.52. The molecular weight excluding hydrogens is 368 g/mol. The third-order valence-corrected chi connectivity index (χ3v) is 3.32. The highest BCUT2D eigenvalue weighted by Crippen LogP contribution is 2.35. The molecule has 0 saturated heterocycles. The van der Waals surface area contributed by atoms with Gasteiger partial charge < -0.3 is 9.84 Å². The smallest absolute Gasteiger partial charge is 0.313 e. The van der Waals surface area contributed by atoms with Crippen molar-refractivity contribution < 1.29 is 14.8 Å². The molecule has 2 rings (SSSR count). The molecule has 8 nitrogen and oxygen atoms in total. The number of anilines is 1. The number of pyridine rings is 1. The first-order chi connectivity index (χ1) is 11.0. The van der Waals surface area contributed by atoms with Gasteiger partial charge in [-0.05, 0) is 46.6 Å². The molecule has 0 fully saturated rings. The van der Waals surface area contributed by atoms with Gasteiger partial charge in [0, 0.05) is 12.3 Å². The number of phenolic OH excluding ortho intramolecular Hbond substituents is 1. The molecule has 0 amide bonds. The molecule has 1 heterocycles. The van der Waals surface area contributed by atoms with Crippen LogP contribution in [0.2, 0.25) is 0 Å². The van der Waals surface area contributed by atoms with E-state index in [-0.39, 0.29) is 17.3 Å². The number of hydrogen-bond acceptors (Lipinski definition) is 7. The molecule has 1 aromatic carbocycles. The number of nitrogens with zero attached hydrogens (tertiary/aromatic N) is 3. The number of rotatable bonds is 6. The summed E-state index contributed by atoms with van der Waals surface area (Å²) in [5.41, 5.74) is 2.98. The zero-order chi connectivity index (χ0) is 16.8. The molecule has 120 valence electrons. The summed E-state index contributed by atoms with van der Waals surface area (Å²) in [6.07, 6.45) is 2.86. The normalized spacial score (nSPS) is 10.7. The number of benzene rings is 1. The second-order valence-corrected chi connectivity index (χ2v) is 5.14. The van der Waals surface area contributed by atoms with Crippen molar-refractivity contribution in [2.45, 2.75) is 6.92 Å². The van der Waals surface area contributed by atoms with Crippen LogP contribution < -0.4 is 10.2 Å². The summed E-state index contributed by atoms with van der Waals surface area (Å²) in [6.45, 7) is 2.20. The minimum Gasteiger partial charge on any atom is -0.503 e. The van der Waals surface area contributed by atoms with Gasteiger partial charge in [0.1, 0.15) is 0 Å². The highest BCUT2D eigenvalue weighted by molar-refractivity contribution is 9.10. The number of hydrogen-bond donors (Lipinski definition) is 2. The number of aromatic nitrogens is 1. The summed E-state index contributed by atoms with van der Waals surface area (Å²) in [7, 11) is 0. The van der Waals surface area contributed by atoms with Crippen LogP contribution in [-0.4, -0.2) is 27.8 Å². The van der Waals surface area contributed by atoms with Gasteiger partial charge in [-0.25, -0.2) is 4.98 Å². The van der Waals surface area contributed by atoms with Gasteiger partial charge in [0.15, 0.2) is 11.5 Å². The van der Waals surface area contributed by atoms with Crippen LogP contribution in [0.25, 0.3) is 0 Å². The Morgan fingerprint density at radius 1 is 1.57 bits per heavy atom. The van der Waals surface area contributed by atoms with Gasteiger partial charge in [-0.3, -0.25) is 15.5 Å². The molecule has 1 aromatic heterocycles. The Morgan fingerprint density at radius 3 is 3.04 bits per heavy atom. The molecule has 0 unspecified atom stereocenters. The van der Waals surface area contributed by atoms with Gasteiger partial charge in [0.05, 0.1) is 22.2 Å². The van der Waals surface area contributed by atoms with Crippen LogP contribution in [0.1, 0.15) is 12.5 Å². The number of ether oxygens (including phenoxy) is 1. The molecule has 0 bridgehead atoms. The molecule has 0 aliphatic rings. The molecule has 0 saturated carbocycles. The quantitative estimate of drug-likeness (QED) is 0.451. The number of phenols is 1. The number of halogens is 1. The van der Waals surface area contributed by atoms with Gasteiger partial charge in [-0.2, -0.15) is 5.10 Å². The molecule has 2 N–H and O–H groups in total. The first-order valence-corrected chi connectivity index (χ1v) is 7.36. The van der Waals surface area contributed by atoms with Crippen molar-refractivity contribution in [3.05, 3.63) is 50.6 Å². The van der Waals surface area contributed by atoms with Crippen LogP contribution in [0.3, 0.4) is 0 Å². The van der Waals surface area contributed by atoms with E-state index in [2.05, 4.69) is 31.4 Å². The summed E-state index contributed by atoms with van der Waals surface area (Å²) >= 11 is 3.22. The fraction of sp³-hybridized carbons (Fsp3) is 0.143. The van der Waals surface area contributed by atoms with Crippen molar-refractivity contribution in [3.63, 3.8) is 0 Å². The Morgan fingerprint density at radius 2 is 2.35 bits per heavy atom. The number of nitro groups is 1. The van der Waals surface area contributed by atoms with E-state index in [9.17, 15) is 15.2 Å². The zero-order valence-electron chi connectivity index (χ0n) is 12.1. The standard InChI is InChI=1S/C14H13BrN4O4/c1-2-23-12-7-9(6-10(15)13(12)20)8-17-18-14-11(19(21)22)4-3-5-16-14/h3-8,20H,2H2,1H3,(H,16,18)/b17-8+. The third kappa shape index (κ3) is 4.16. The molecule has 9 heteroatoms. The van der Waals surface area contributed by atoms with Crippen molar-refractivity contribution in [3.8, 4) is 11.5 Å². The summed E-state index contributed by atoms with van der Waals surface area (Å²) in [4.78, 5) is 14.2. The van der Waals surface area contributed by atoms with E-state index in [1.54, 1.807) is 19.1 Å². The van der Waals surface area contributed by atoms with Crippen LogP contribution >= 0.6 is 15.9 Å². The van der Waals surface area contributed by atoms with E-state index in [1.807, 2.05) is 0 Å². The monoisotopic (exact) mass is 380 g/mol. The first-order valence-electron chi connectivity index (χ1n) is 6.56. The maximum absolute atomic E-state index is 10.9. The molecule has 0 atom stereocenters. The Kier molecular flexibility index (Phi) is 5.47. The lowest BCUT2D eigenvalue weighted by Crippen LogP contribution is -1.99. The van der Waals surface area contributed by atoms with Crippen molar-refractivity contribution in [1.82, 2.24) is 4.98 Å². The maximum Gasteiger partial charge on any atom is 0.313 e. The molecule has 0 aliphatic carbocycles. The second-order valence-electron chi connectivity index (χ2n) is 4.28. The highest BCUT2D eigenvalue weighted by atomic mass is 79.9. The highest BCUT2D eigenvalue weighted by Gasteiger charge is 2.13. The van der Waals surface area contributed by atoms with Crippen molar-refractivity contribution in [2.24, 2.45) is 5.10 Å². The Bertz CT molecular complexity index is 752. The molecule has 2 aromatic rings. The summed E-state index contributed by atoms with van der Waals surface area (Å²) in [6, 6.07) is 6.03. The van der Waals surface area contributed by atoms with E-state index >= 15 is 0 Å². The lowest BCUT2D eigenvalue weighted by Gasteiger charge is -2.08. The van der Waals surface area contributed by atoms with E-state index in [0.29, 0.717) is 22.4 Å². The van der Waals surface area contributed by atoms with E-state index in [0.717, 1.165) is 0 Å². The van der Waals surface area contributed by atoms with E-state index in [4.69, 9.17) is 4.74 Å². The maximum atomic E-state index is 10.9. The summed E-state index contributed by atoms with van der Waals surface area (Å²) < 4.78 is 5.76. The molecular formula is C14H13BrN4O4. The average molecular weight is 381 g/mol. The fourth-order valence-corrected chi connectivity index (χ4v) is 2.19. The topological polar surface area (TPSA) is 110 Å². The number of hydrazone groups is 1. The Labute approximate surface area is 140 Å². The van der Waals surface area contributed by atoms with Crippen LogP contribution in [0, 0.1) is 10.1 Å². The van der Waals surface area contributed by atoms with E-state index in [1.165, 1.54) is 24.5 Å². The molecule has 23 heavy (non-hydrogen) atoms. The Hall–Kier alpha value is -2.68. The van der Waals surface area contributed by atoms with Crippen molar-refractivity contribution in [2.75, 3.05) is 12.0 Å². The van der Waals surface area contributed by atoms with E-state index < -0.39 is 4.92 Å². The molecule has 0 spiro atoms. The van der Waals surface area contributed by atoms with Crippen LogP contribution in [0.4, 0.5) is 11.5 Å². The van der Waals surface area contributed by atoms with Gasteiger partial charge in [-0.15, -0.1) is 0 Å². The third-order valence-electron chi connectivity index (χ3n) is 2.72. The summed E-state index contributed by atoms with van der Waals surface area (Å²) in [5, 5.41) is 24.6. The minimum atomic E-state index is -0.546. The minimum absolute atomic E-state index is 0.00248. The largest absolute Gasteiger partial charge is 0.503 e. The van der Waals surface area contributed by atoms with Gasteiger partial charge in [-0.1, -0.05) is 0 Å². The lowest BCUT2D eigenvalue weighted by molar-refractivity contribution is -0.384. The first kappa shape index (κ1) is 16.7. The van der Waals surface area contributed by atoms with Crippen LogP contribution in [0.5, 0.6) is 11.5 Å². The van der Waals surface area contributed by atoms with Crippen LogP contribution in [0.15, 0.2) is 40.0 Å². The Balaban J connectivity index is 2.20. The summed E-state index contributed by atoms with van der Waals surface area (Å²) in [5.74, 6) is 0.348. The number of nitrogens with one attached hydrogen (secondary N) is 1. The lowest BCUT2D eigenvalue weighted by atomic mass is 10.2. The predicted octanol–water partition coefficient (Wildman–Crippen LogP) is 3.30. The molecule has 0 aliphatic heterocycles. The van der Waals surface area contributed by atoms with Gasteiger partial charge >= 0.3 is 5.69 Å². The fourth-order valence-electron chi connectivity index (χ4n) is 1.73. The van der Waals surface area contributed by atoms with Crippen molar-refractivity contribution in [1.29, 1.82) is 0 Å².